The maximum absolute atomic E-state index is 14.1. The van der Waals surface area contributed by atoms with Gasteiger partial charge in [-0.05, 0) is 65.6 Å². The molecule has 0 amide bonds. The highest BCUT2D eigenvalue weighted by Crippen LogP contribution is 2.76. The molecule has 0 bridgehead atoms. The van der Waals surface area contributed by atoms with Crippen molar-refractivity contribution in [1.29, 1.82) is 0 Å². The zero-order valence-electron chi connectivity index (χ0n) is 19.9. The van der Waals surface area contributed by atoms with Crippen molar-refractivity contribution in [2.45, 2.75) is 93.6 Å². The summed E-state index contributed by atoms with van der Waals surface area (Å²) in [6, 6.07) is 0. The summed E-state index contributed by atoms with van der Waals surface area (Å²) in [5.74, 6) is 0.525. The van der Waals surface area contributed by atoms with Crippen LogP contribution in [-0.2, 0) is 9.59 Å². The highest BCUT2D eigenvalue weighted by atomic mass is 16.3. The van der Waals surface area contributed by atoms with Crippen molar-refractivity contribution in [1.82, 2.24) is 0 Å². The molecular formula is C26H42O3. The number of Topliss-reactive ketones (excluding diaryl/α,β-unsaturated/α-hetero) is 2. The van der Waals surface area contributed by atoms with Crippen LogP contribution in [0.5, 0.6) is 0 Å². The van der Waals surface area contributed by atoms with Crippen molar-refractivity contribution in [3.63, 3.8) is 0 Å². The normalized spacial score (nSPS) is 51.7. The lowest BCUT2D eigenvalue weighted by molar-refractivity contribution is -0.281. The highest BCUT2D eigenvalue weighted by molar-refractivity contribution is 5.89. The fourth-order valence-corrected chi connectivity index (χ4v) is 8.55. The van der Waals surface area contributed by atoms with Crippen molar-refractivity contribution in [3.8, 4) is 0 Å². The van der Waals surface area contributed by atoms with Crippen LogP contribution in [0.3, 0.4) is 0 Å². The zero-order chi connectivity index (χ0) is 22.2. The fraction of sp³-hybridized carbons (Fsp3) is 0.846. The van der Waals surface area contributed by atoms with E-state index in [1.54, 1.807) is 6.92 Å². The Labute approximate surface area is 177 Å². The summed E-state index contributed by atoms with van der Waals surface area (Å²) < 4.78 is 0. The number of allylic oxidation sites excluding steroid dienone is 1. The Morgan fingerprint density at radius 1 is 1.21 bits per heavy atom. The lowest BCUT2D eigenvalue weighted by atomic mass is 9.29. The first-order valence-electron chi connectivity index (χ1n) is 11.4. The summed E-state index contributed by atoms with van der Waals surface area (Å²) in [6.07, 6.45) is 5.09. The number of rotatable bonds is 3. The summed E-state index contributed by atoms with van der Waals surface area (Å²) in [5.41, 5.74) is -1.71. The molecule has 0 heterocycles. The first-order chi connectivity index (χ1) is 13.1. The lowest BCUT2D eigenvalue weighted by Gasteiger charge is -2.74. The molecule has 0 saturated heterocycles. The van der Waals surface area contributed by atoms with Gasteiger partial charge in [0.2, 0.25) is 0 Å². The van der Waals surface area contributed by atoms with Crippen LogP contribution >= 0.6 is 0 Å². The van der Waals surface area contributed by atoms with Crippen LogP contribution in [0.1, 0.15) is 87.5 Å². The molecule has 1 N–H and O–H groups in total. The molecule has 8 atom stereocenters. The van der Waals surface area contributed by atoms with Gasteiger partial charge in [-0.1, -0.05) is 54.5 Å². The average Bonchev–Trinajstić information content (AvgIpc) is 2.59. The third-order valence-electron chi connectivity index (χ3n) is 10.4. The van der Waals surface area contributed by atoms with E-state index in [0.717, 1.165) is 19.3 Å². The molecule has 0 aromatic rings. The zero-order valence-corrected chi connectivity index (χ0v) is 19.9. The lowest BCUT2D eigenvalue weighted by Crippen LogP contribution is -2.75. The monoisotopic (exact) mass is 402 g/mol. The minimum atomic E-state index is -0.584. The van der Waals surface area contributed by atoms with E-state index in [2.05, 4.69) is 55.0 Å². The summed E-state index contributed by atoms with van der Waals surface area (Å²) in [7, 11) is 0. The van der Waals surface area contributed by atoms with E-state index in [9.17, 15) is 14.7 Å². The van der Waals surface area contributed by atoms with Gasteiger partial charge in [0.25, 0.3) is 0 Å². The molecule has 3 saturated carbocycles. The molecule has 3 aliphatic carbocycles. The van der Waals surface area contributed by atoms with Crippen LogP contribution in [0.15, 0.2) is 12.7 Å². The smallest absolute Gasteiger partial charge is 0.140 e. The van der Waals surface area contributed by atoms with Gasteiger partial charge in [-0.25, -0.2) is 0 Å². The minimum absolute atomic E-state index is 0.00166. The molecule has 0 aromatic heterocycles. The maximum Gasteiger partial charge on any atom is 0.140 e. The quantitative estimate of drug-likeness (QED) is 0.625. The van der Waals surface area contributed by atoms with Gasteiger partial charge in [0, 0.05) is 18.3 Å². The molecular weight excluding hydrogens is 360 g/mol. The summed E-state index contributed by atoms with van der Waals surface area (Å²) in [4.78, 5) is 26.4. The number of carbonyl (C=O) groups excluding carboxylic acids is 2. The summed E-state index contributed by atoms with van der Waals surface area (Å²) in [5, 5.41) is 11.9. The number of hydrogen-bond acceptors (Lipinski definition) is 3. The molecule has 3 heteroatoms. The number of aliphatic hydroxyl groups excluding tert-OH is 1. The third kappa shape index (κ3) is 2.71. The van der Waals surface area contributed by atoms with Crippen molar-refractivity contribution in [3.05, 3.63) is 12.7 Å². The number of ketones is 2. The number of fused-ring (bicyclic) bond motifs is 3. The van der Waals surface area contributed by atoms with E-state index in [1.807, 2.05) is 6.08 Å². The first-order valence-corrected chi connectivity index (χ1v) is 11.4. The van der Waals surface area contributed by atoms with Gasteiger partial charge < -0.3 is 9.90 Å². The fourth-order valence-electron chi connectivity index (χ4n) is 8.55. The molecule has 0 spiro atoms. The summed E-state index contributed by atoms with van der Waals surface area (Å²) >= 11 is 0. The molecule has 0 aromatic carbocycles. The van der Waals surface area contributed by atoms with Crippen LogP contribution in [-0.4, -0.2) is 22.8 Å². The topological polar surface area (TPSA) is 54.4 Å². The molecule has 3 nitrogen and oxygen atoms in total. The van der Waals surface area contributed by atoms with E-state index in [4.69, 9.17) is 0 Å². The SMILES string of the molecule is C=CC1(C)CC(=O)[C@@]2(C)C(C)(C1)C(CC(C)=O)[C@H](O)[C@@H]1C(C)(C)CC[C@H](C)[C@]12C. The van der Waals surface area contributed by atoms with Gasteiger partial charge in [0.05, 0.1) is 6.10 Å². The third-order valence-corrected chi connectivity index (χ3v) is 10.4. The second kappa shape index (κ2) is 6.52. The van der Waals surface area contributed by atoms with Gasteiger partial charge in [-0.15, -0.1) is 6.58 Å². The predicted octanol–water partition coefficient (Wildman–Crippen LogP) is 5.60. The van der Waals surface area contributed by atoms with Crippen LogP contribution < -0.4 is 0 Å². The second-order valence-electron chi connectivity index (χ2n) is 12.4. The van der Waals surface area contributed by atoms with E-state index in [1.165, 1.54) is 0 Å². The standard InChI is InChI=1S/C26H42O3/c1-10-23(6)14-19(28)26(9)24(7,15-23)18(13-17(3)27)20(29)21-22(4,5)12-11-16(2)25(21,26)8/h10,16,18,20-21,29H,1,11-15H2,2-9H3/t16-,18?,20-,21+,23?,24?,25+,26-/m0/s1. The Hall–Kier alpha value is -0.960. The average molecular weight is 403 g/mol. The Balaban J connectivity index is 2.33. The van der Waals surface area contributed by atoms with Crippen molar-refractivity contribution in [2.24, 2.45) is 44.8 Å². The molecule has 0 radical (unpaired) electrons. The number of carbonyl (C=O) groups is 2. The Kier molecular flexibility index (Phi) is 5.11. The van der Waals surface area contributed by atoms with Crippen LogP contribution in [0.4, 0.5) is 0 Å². The first kappa shape index (κ1) is 22.7. The van der Waals surface area contributed by atoms with Gasteiger partial charge in [-0.2, -0.15) is 0 Å². The molecule has 3 rings (SSSR count). The van der Waals surface area contributed by atoms with E-state index in [-0.39, 0.29) is 33.9 Å². The molecule has 3 unspecified atom stereocenters. The molecule has 29 heavy (non-hydrogen) atoms. The minimum Gasteiger partial charge on any atom is -0.392 e. The van der Waals surface area contributed by atoms with E-state index >= 15 is 0 Å². The maximum atomic E-state index is 14.1. The van der Waals surface area contributed by atoms with Gasteiger partial charge in [0.1, 0.15) is 11.6 Å². The highest BCUT2D eigenvalue weighted by Gasteiger charge is 2.76. The molecule has 3 fully saturated rings. The van der Waals surface area contributed by atoms with Crippen LogP contribution in [0, 0.1) is 44.8 Å². The van der Waals surface area contributed by atoms with Crippen molar-refractivity contribution < 1.29 is 14.7 Å². The molecule has 3 aliphatic rings. The van der Waals surface area contributed by atoms with Crippen LogP contribution in [0.2, 0.25) is 0 Å². The van der Waals surface area contributed by atoms with Crippen molar-refractivity contribution in [2.75, 3.05) is 0 Å². The van der Waals surface area contributed by atoms with Gasteiger partial charge >= 0.3 is 0 Å². The summed E-state index contributed by atoms with van der Waals surface area (Å²) in [6.45, 7) is 21.2. The van der Waals surface area contributed by atoms with Crippen LogP contribution in [0.25, 0.3) is 0 Å². The Bertz CT molecular complexity index is 738. The van der Waals surface area contributed by atoms with Gasteiger partial charge in [-0.3, -0.25) is 4.79 Å². The van der Waals surface area contributed by atoms with Crippen molar-refractivity contribution >= 4 is 11.6 Å². The van der Waals surface area contributed by atoms with E-state index < -0.39 is 16.9 Å². The van der Waals surface area contributed by atoms with Gasteiger partial charge in [0.15, 0.2) is 0 Å². The number of hydrogen-bond donors (Lipinski definition) is 1. The Morgan fingerprint density at radius 2 is 1.79 bits per heavy atom. The predicted molar refractivity (Wildman–Crippen MR) is 117 cm³/mol. The molecule has 0 aliphatic heterocycles. The largest absolute Gasteiger partial charge is 0.392 e. The Morgan fingerprint density at radius 3 is 2.31 bits per heavy atom. The number of aliphatic hydroxyl groups is 1. The second-order valence-corrected chi connectivity index (χ2v) is 12.4. The molecule has 164 valence electrons. The van der Waals surface area contributed by atoms with E-state index in [0.29, 0.717) is 24.5 Å².